The molecule has 7 heteroatoms. The second kappa shape index (κ2) is 8.26. The van der Waals surface area contributed by atoms with Gasteiger partial charge in [-0.25, -0.2) is 4.98 Å². The molecule has 1 amide bonds. The van der Waals surface area contributed by atoms with Gasteiger partial charge in [-0.2, -0.15) is 0 Å². The number of pyridine rings is 1. The molecule has 6 nitrogen and oxygen atoms in total. The van der Waals surface area contributed by atoms with Crippen LogP contribution in [-0.2, 0) is 4.79 Å². The topological polar surface area (TPSA) is 82.5 Å². The molecule has 5 fully saturated rings. The molecular formula is C27H30ClN3O3. The van der Waals surface area contributed by atoms with E-state index >= 15 is 0 Å². The summed E-state index contributed by atoms with van der Waals surface area (Å²) in [4.78, 5) is 31.0. The van der Waals surface area contributed by atoms with Crippen molar-refractivity contribution in [1.82, 2.24) is 10.3 Å². The Bertz CT molecular complexity index is 1110. The number of nitrogens with one attached hydrogen (secondary N) is 1. The van der Waals surface area contributed by atoms with Gasteiger partial charge in [0.2, 0.25) is 0 Å². The Labute approximate surface area is 204 Å². The number of carbonyl (C=O) groups excluding carboxylic acids is 1. The Morgan fingerprint density at radius 1 is 1.09 bits per heavy atom. The predicted molar refractivity (Wildman–Crippen MR) is 131 cm³/mol. The number of aliphatic carboxylic acids is 1. The summed E-state index contributed by atoms with van der Waals surface area (Å²) in [6.07, 6.45) is 9.62. The van der Waals surface area contributed by atoms with Crippen molar-refractivity contribution in [2.24, 2.45) is 29.1 Å². The van der Waals surface area contributed by atoms with Crippen LogP contribution in [0.2, 0.25) is 5.02 Å². The van der Waals surface area contributed by atoms with E-state index in [1.165, 1.54) is 38.5 Å². The summed E-state index contributed by atoms with van der Waals surface area (Å²) in [5, 5.41) is 12.9. The summed E-state index contributed by atoms with van der Waals surface area (Å²) < 4.78 is 0. The molecule has 0 unspecified atom stereocenters. The lowest BCUT2D eigenvalue weighted by Crippen LogP contribution is -2.51. The summed E-state index contributed by atoms with van der Waals surface area (Å²) in [6.45, 7) is 1.61. The fourth-order valence-corrected chi connectivity index (χ4v) is 7.62. The first-order chi connectivity index (χ1) is 16.4. The highest BCUT2D eigenvalue weighted by molar-refractivity contribution is 6.34. The fourth-order valence-electron chi connectivity index (χ4n) is 7.42. The minimum atomic E-state index is -0.779. The van der Waals surface area contributed by atoms with Crippen LogP contribution in [0.15, 0.2) is 36.5 Å². The number of anilines is 1. The van der Waals surface area contributed by atoms with Crippen LogP contribution in [0.1, 0.15) is 48.9 Å². The number of carboxylic acids is 1. The summed E-state index contributed by atoms with van der Waals surface area (Å²) in [5.41, 5.74) is 2.47. The van der Waals surface area contributed by atoms with E-state index in [9.17, 15) is 14.7 Å². The smallest absolute Gasteiger partial charge is 0.310 e. The van der Waals surface area contributed by atoms with E-state index in [1.54, 1.807) is 12.3 Å². The number of amides is 1. The van der Waals surface area contributed by atoms with Gasteiger partial charge in [0.25, 0.3) is 5.91 Å². The first-order valence-electron chi connectivity index (χ1n) is 12.4. The highest BCUT2D eigenvalue weighted by atomic mass is 35.5. The number of rotatable bonds is 6. The van der Waals surface area contributed by atoms with Gasteiger partial charge >= 0.3 is 5.97 Å². The summed E-state index contributed by atoms with van der Waals surface area (Å²) in [7, 11) is 0. The Kier molecular flexibility index (Phi) is 5.32. The van der Waals surface area contributed by atoms with Crippen LogP contribution >= 0.6 is 11.6 Å². The minimum Gasteiger partial charge on any atom is -0.481 e. The zero-order valence-electron chi connectivity index (χ0n) is 19.2. The quantitative estimate of drug-likeness (QED) is 0.617. The highest BCUT2D eigenvalue weighted by Crippen LogP contribution is 2.59. The van der Waals surface area contributed by atoms with Crippen LogP contribution in [0.3, 0.4) is 0 Å². The molecule has 4 saturated carbocycles. The average molecular weight is 480 g/mol. The van der Waals surface area contributed by atoms with Gasteiger partial charge in [-0.05, 0) is 91.5 Å². The SMILES string of the molecule is O=C(NCC12CC3CC(CC(C3)C1)C2)c1cc(-c2cccnc2N2CC(C(=O)O)C2)ccc1Cl. The third kappa shape index (κ3) is 3.86. The number of carboxylic acid groups (broad SMARTS) is 1. The Morgan fingerprint density at radius 2 is 1.76 bits per heavy atom. The number of benzene rings is 1. The van der Waals surface area contributed by atoms with E-state index < -0.39 is 5.97 Å². The number of halogens is 1. The second-order valence-electron chi connectivity index (χ2n) is 11.1. The lowest BCUT2D eigenvalue weighted by atomic mass is 9.49. The largest absolute Gasteiger partial charge is 0.481 e. The van der Waals surface area contributed by atoms with Gasteiger partial charge in [-0.15, -0.1) is 0 Å². The molecule has 0 atom stereocenters. The molecule has 1 aromatic heterocycles. The van der Waals surface area contributed by atoms with E-state index in [0.29, 0.717) is 23.7 Å². The molecule has 2 heterocycles. The Morgan fingerprint density at radius 3 is 2.41 bits per heavy atom. The molecule has 7 rings (SSSR count). The minimum absolute atomic E-state index is 0.122. The van der Waals surface area contributed by atoms with Crippen LogP contribution in [0.5, 0.6) is 0 Å². The number of carbonyl (C=O) groups is 2. The third-order valence-corrected chi connectivity index (χ3v) is 8.96. The summed E-state index contributed by atoms with van der Waals surface area (Å²) >= 11 is 6.48. The van der Waals surface area contributed by atoms with E-state index in [-0.39, 0.29) is 17.2 Å². The van der Waals surface area contributed by atoms with Crippen molar-refractivity contribution in [1.29, 1.82) is 0 Å². The Hall–Kier alpha value is -2.60. The molecule has 178 valence electrons. The highest BCUT2D eigenvalue weighted by Gasteiger charge is 2.50. The molecule has 1 aliphatic heterocycles. The second-order valence-corrected chi connectivity index (χ2v) is 11.5. The van der Waals surface area contributed by atoms with Gasteiger partial charge in [-0.3, -0.25) is 9.59 Å². The molecule has 0 spiro atoms. The number of nitrogens with zero attached hydrogens (tertiary/aromatic N) is 2. The third-order valence-electron chi connectivity index (χ3n) is 8.63. The van der Waals surface area contributed by atoms with Crippen molar-refractivity contribution in [3.05, 3.63) is 47.1 Å². The van der Waals surface area contributed by atoms with Crippen molar-refractivity contribution in [2.75, 3.05) is 24.5 Å². The Balaban J connectivity index is 1.20. The molecule has 1 saturated heterocycles. The maximum atomic E-state index is 13.3. The van der Waals surface area contributed by atoms with Gasteiger partial charge < -0.3 is 15.3 Å². The normalized spacial score (nSPS) is 29.7. The monoisotopic (exact) mass is 479 g/mol. The molecule has 4 aliphatic carbocycles. The van der Waals surface area contributed by atoms with Gasteiger partial charge in [0.05, 0.1) is 16.5 Å². The average Bonchev–Trinajstić information content (AvgIpc) is 2.76. The lowest BCUT2D eigenvalue weighted by Gasteiger charge is -2.56. The van der Waals surface area contributed by atoms with E-state index in [1.807, 2.05) is 29.2 Å². The predicted octanol–water partition coefficient (Wildman–Crippen LogP) is 4.87. The summed E-state index contributed by atoms with van der Waals surface area (Å²) in [5.74, 6) is 2.01. The fraction of sp³-hybridized carbons (Fsp3) is 0.519. The summed E-state index contributed by atoms with van der Waals surface area (Å²) in [6, 6.07) is 9.31. The van der Waals surface area contributed by atoms with Crippen LogP contribution in [0, 0.1) is 29.1 Å². The molecule has 2 N–H and O–H groups in total. The molecule has 5 aliphatic rings. The maximum Gasteiger partial charge on any atom is 0.310 e. The van der Waals surface area contributed by atoms with Crippen molar-refractivity contribution in [2.45, 2.75) is 38.5 Å². The van der Waals surface area contributed by atoms with Crippen LogP contribution in [-0.4, -0.2) is 41.6 Å². The van der Waals surface area contributed by atoms with Crippen molar-refractivity contribution in [3.63, 3.8) is 0 Å². The van der Waals surface area contributed by atoms with E-state index in [2.05, 4.69) is 10.3 Å². The number of hydrogen-bond donors (Lipinski definition) is 2. The van der Waals surface area contributed by atoms with E-state index in [4.69, 9.17) is 11.6 Å². The molecule has 1 aromatic carbocycles. The zero-order valence-corrected chi connectivity index (χ0v) is 19.9. The lowest BCUT2D eigenvalue weighted by molar-refractivity contribution is -0.142. The van der Waals surface area contributed by atoms with Crippen molar-refractivity contribution < 1.29 is 14.7 Å². The van der Waals surface area contributed by atoms with Gasteiger partial charge in [-0.1, -0.05) is 17.7 Å². The van der Waals surface area contributed by atoms with Gasteiger partial charge in [0.15, 0.2) is 0 Å². The van der Waals surface area contributed by atoms with E-state index in [0.717, 1.165) is 41.2 Å². The molecule has 2 aromatic rings. The molecule has 0 radical (unpaired) electrons. The van der Waals surface area contributed by atoms with Crippen LogP contribution in [0.4, 0.5) is 5.82 Å². The molecular weight excluding hydrogens is 450 g/mol. The van der Waals surface area contributed by atoms with Crippen molar-refractivity contribution >= 4 is 29.3 Å². The van der Waals surface area contributed by atoms with Crippen LogP contribution < -0.4 is 10.2 Å². The molecule has 34 heavy (non-hydrogen) atoms. The zero-order chi connectivity index (χ0) is 23.4. The first-order valence-corrected chi connectivity index (χ1v) is 12.8. The number of hydrogen-bond acceptors (Lipinski definition) is 4. The standard InChI is InChI=1S/C27H30ClN3O3/c28-23-4-3-19(21-2-1-5-29-24(21)31-13-20(14-31)26(33)34)9-22(23)25(32)30-15-27-10-16-6-17(11-27)8-18(7-16)12-27/h1-5,9,16-18,20H,6-8,10-15H2,(H,30,32)(H,33,34). The first kappa shape index (κ1) is 21.9. The van der Waals surface area contributed by atoms with Crippen molar-refractivity contribution in [3.8, 4) is 11.1 Å². The van der Waals surface area contributed by atoms with Crippen LogP contribution in [0.25, 0.3) is 11.1 Å². The molecule has 4 bridgehead atoms. The number of aromatic nitrogens is 1. The maximum absolute atomic E-state index is 13.3. The van der Waals surface area contributed by atoms with Gasteiger partial charge in [0.1, 0.15) is 5.82 Å². The van der Waals surface area contributed by atoms with Gasteiger partial charge in [0, 0.05) is 31.4 Å².